The summed E-state index contributed by atoms with van der Waals surface area (Å²) in [5, 5.41) is 0. The summed E-state index contributed by atoms with van der Waals surface area (Å²) in [6, 6.07) is 2.83. The zero-order valence-corrected chi connectivity index (χ0v) is 9.03. The summed E-state index contributed by atoms with van der Waals surface area (Å²) < 4.78 is 0. The van der Waals surface area contributed by atoms with Crippen molar-refractivity contribution < 1.29 is 0 Å². The smallest absolute Gasteiger partial charge is 0.0303 e. The van der Waals surface area contributed by atoms with E-state index in [2.05, 4.69) is 29.8 Å². The quantitative estimate of drug-likeness (QED) is 0.672. The molecule has 0 N–H and O–H groups in total. The maximum absolute atomic E-state index is 4.19. The SMILES string of the molecule is CC(C)N1CCc2ccncc2CC1. The molecule has 0 atom stereocenters. The van der Waals surface area contributed by atoms with Crippen molar-refractivity contribution in [3.63, 3.8) is 0 Å². The molecule has 2 nitrogen and oxygen atoms in total. The molecule has 0 radical (unpaired) electrons. The van der Waals surface area contributed by atoms with E-state index in [9.17, 15) is 0 Å². The van der Waals surface area contributed by atoms with Crippen LogP contribution in [0.5, 0.6) is 0 Å². The van der Waals surface area contributed by atoms with Crippen molar-refractivity contribution in [3.05, 3.63) is 29.6 Å². The third-order valence-electron chi connectivity index (χ3n) is 3.07. The maximum atomic E-state index is 4.19. The monoisotopic (exact) mass is 190 g/mol. The van der Waals surface area contributed by atoms with E-state index in [0.29, 0.717) is 6.04 Å². The van der Waals surface area contributed by atoms with Crippen molar-refractivity contribution >= 4 is 0 Å². The molecule has 1 aliphatic rings. The highest BCUT2D eigenvalue weighted by atomic mass is 15.1. The zero-order chi connectivity index (χ0) is 9.97. The van der Waals surface area contributed by atoms with Gasteiger partial charge in [0.1, 0.15) is 0 Å². The summed E-state index contributed by atoms with van der Waals surface area (Å²) in [7, 11) is 0. The minimum absolute atomic E-state index is 0.664. The van der Waals surface area contributed by atoms with Gasteiger partial charge in [-0.2, -0.15) is 0 Å². The molecular weight excluding hydrogens is 172 g/mol. The van der Waals surface area contributed by atoms with Crippen LogP contribution in [-0.2, 0) is 12.8 Å². The summed E-state index contributed by atoms with van der Waals surface area (Å²) in [5.41, 5.74) is 2.93. The second kappa shape index (κ2) is 4.09. The Kier molecular flexibility index (Phi) is 2.82. The molecular formula is C12H18N2. The second-order valence-electron chi connectivity index (χ2n) is 4.27. The van der Waals surface area contributed by atoms with Crippen LogP contribution in [0.3, 0.4) is 0 Å². The van der Waals surface area contributed by atoms with Crippen LogP contribution >= 0.6 is 0 Å². The predicted octanol–water partition coefficient (Wildman–Crippen LogP) is 1.89. The normalized spacial score (nSPS) is 17.9. The van der Waals surface area contributed by atoms with E-state index in [1.165, 1.54) is 30.6 Å². The predicted molar refractivity (Wildman–Crippen MR) is 58.4 cm³/mol. The first-order valence-corrected chi connectivity index (χ1v) is 5.43. The first-order valence-electron chi connectivity index (χ1n) is 5.43. The fourth-order valence-corrected chi connectivity index (χ4v) is 2.08. The minimum atomic E-state index is 0.664. The van der Waals surface area contributed by atoms with Crippen molar-refractivity contribution in [1.29, 1.82) is 0 Å². The fraction of sp³-hybridized carbons (Fsp3) is 0.583. The summed E-state index contributed by atoms with van der Waals surface area (Å²) >= 11 is 0. The van der Waals surface area contributed by atoms with E-state index in [0.717, 1.165) is 6.42 Å². The number of rotatable bonds is 1. The van der Waals surface area contributed by atoms with Gasteiger partial charge in [0.2, 0.25) is 0 Å². The van der Waals surface area contributed by atoms with E-state index in [4.69, 9.17) is 0 Å². The molecule has 0 bridgehead atoms. The van der Waals surface area contributed by atoms with Gasteiger partial charge in [-0.1, -0.05) is 0 Å². The Morgan fingerprint density at radius 2 is 1.93 bits per heavy atom. The van der Waals surface area contributed by atoms with Crippen molar-refractivity contribution in [2.24, 2.45) is 0 Å². The fourth-order valence-electron chi connectivity index (χ4n) is 2.08. The van der Waals surface area contributed by atoms with Gasteiger partial charge in [-0.25, -0.2) is 0 Å². The van der Waals surface area contributed by atoms with Gasteiger partial charge < -0.3 is 4.90 Å². The van der Waals surface area contributed by atoms with E-state index in [1.807, 2.05) is 12.4 Å². The zero-order valence-electron chi connectivity index (χ0n) is 9.03. The molecule has 2 rings (SSSR count). The highest BCUT2D eigenvalue weighted by Crippen LogP contribution is 2.15. The first-order chi connectivity index (χ1) is 6.77. The molecule has 0 aliphatic carbocycles. The largest absolute Gasteiger partial charge is 0.300 e. The molecule has 0 unspecified atom stereocenters. The summed E-state index contributed by atoms with van der Waals surface area (Å²) in [6.07, 6.45) is 6.26. The van der Waals surface area contributed by atoms with Gasteiger partial charge in [-0.3, -0.25) is 4.98 Å². The van der Waals surface area contributed by atoms with E-state index >= 15 is 0 Å². The van der Waals surface area contributed by atoms with Gasteiger partial charge in [0.25, 0.3) is 0 Å². The molecule has 0 aromatic carbocycles. The van der Waals surface area contributed by atoms with Crippen molar-refractivity contribution in [2.75, 3.05) is 13.1 Å². The summed E-state index contributed by atoms with van der Waals surface area (Å²) in [6.45, 7) is 6.91. The third-order valence-corrected chi connectivity index (χ3v) is 3.07. The van der Waals surface area contributed by atoms with Gasteiger partial charge in [-0.05, 0) is 43.9 Å². The van der Waals surface area contributed by atoms with Crippen LogP contribution in [0.4, 0.5) is 0 Å². The summed E-state index contributed by atoms with van der Waals surface area (Å²) in [4.78, 5) is 6.73. The number of hydrogen-bond acceptors (Lipinski definition) is 2. The molecule has 14 heavy (non-hydrogen) atoms. The Bertz CT molecular complexity index is 280. The van der Waals surface area contributed by atoms with E-state index in [1.54, 1.807) is 0 Å². The number of aromatic nitrogens is 1. The average Bonchev–Trinajstić information content (AvgIpc) is 2.39. The van der Waals surface area contributed by atoms with E-state index in [-0.39, 0.29) is 0 Å². The minimum Gasteiger partial charge on any atom is -0.300 e. The van der Waals surface area contributed by atoms with Crippen LogP contribution in [0.25, 0.3) is 0 Å². The lowest BCUT2D eigenvalue weighted by atomic mass is 10.1. The van der Waals surface area contributed by atoms with Gasteiger partial charge in [0.15, 0.2) is 0 Å². The average molecular weight is 190 g/mol. The van der Waals surface area contributed by atoms with Crippen LogP contribution in [0.15, 0.2) is 18.5 Å². The number of fused-ring (bicyclic) bond motifs is 1. The molecule has 0 saturated heterocycles. The van der Waals surface area contributed by atoms with E-state index < -0.39 is 0 Å². The molecule has 0 fully saturated rings. The van der Waals surface area contributed by atoms with Crippen LogP contribution < -0.4 is 0 Å². The molecule has 76 valence electrons. The van der Waals surface area contributed by atoms with Crippen LogP contribution in [-0.4, -0.2) is 29.0 Å². The Morgan fingerprint density at radius 3 is 2.64 bits per heavy atom. The lowest BCUT2D eigenvalue weighted by molar-refractivity contribution is 0.233. The Balaban J connectivity index is 2.14. The number of nitrogens with zero attached hydrogens (tertiary/aromatic N) is 2. The Morgan fingerprint density at radius 1 is 1.21 bits per heavy atom. The van der Waals surface area contributed by atoms with Gasteiger partial charge >= 0.3 is 0 Å². The van der Waals surface area contributed by atoms with Gasteiger partial charge in [0, 0.05) is 31.5 Å². The number of hydrogen-bond donors (Lipinski definition) is 0. The summed E-state index contributed by atoms with van der Waals surface area (Å²) in [5.74, 6) is 0. The molecule has 1 aromatic rings. The highest BCUT2D eigenvalue weighted by Gasteiger charge is 2.15. The van der Waals surface area contributed by atoms with Crippen molar-refractivity contribution in [3.8, 4) is 0 Å². The molecule has 1 aromatic heterocycles. The van der Waals surface area contributed by atoms with Crippen LogP contribution in [0.2, 0.25) is 0 Å². The van der Waals surface area contributed by atoms with Gasteiger partial charge in [-0.15, -0.1) is 0 Å². The standard InChI is InChI=1S/C12H18N2/c1-10(2)14-7-4-11-3-6-13-9-12(11)5-8-14/h3,6,9-10H,4-5,7-8H2,1-2H3. The topological polar surface area (TPSA) is 16.1 Å². The highest BCUT2D eigenvalue weighted by molar-refractivity contribution is 5.25. The first kappa shape index (κ1) is 9.66. The van der Waals surface area contributed by atoms with Crippen molar-refractivity contribution in [1.82, 2.24) is 9.88 Å². The number of pyridine rings is 1. The molecule has 2 heterocycles. The maximum Gasteiger partial charge on any atom is 0.0303 e. The van der Waals surface area contributed by atoms with Crippen molar-refractivity contribution in [2.45, 2.75) is 32.7 Å². The lowest BCUT2D eigenvalue weighted by Gasteiger charge is -2.23. The van der Waals surface area contributed by atoms with Crippen LogP contribution in [0.1, 0.15) is 25.0 Å². The molecule has 1 aliphatic heterocycles. The molecule has 0 amide bonds. The molecule has 2 heteroatoms. The Labute approximate surface area is 86.0 Å². The lowest BCUT2D eigenvalue weighted by Crippen LogP contribution is -2.32. The molecule has 0 saturated carbocycles. The third kappa shape index (κ3) is 1.95. The van der Waals surface area contributed by atoms with Crippen LogP contribution in [0, 0.1) is 0 Å². The second-order valence-corrected chi connectivity index (χ2v) is 4.27. The molecule has 0 spiro atoms. The van der Waals surface area contributed by atoms with Gasteiger partial charge in [0.05, 0.1) is 0 Å². The Hall–Kier alpha value is -0.890.